The molecule has 3 aromatic rings. The number of hydrogen-bond donors (Lipinski definition) is 2. The van der Waals surface area contributed by atoms with E-state index >= 15 is 0 Å². The predicted octanol–water partition coefficient (Wildman–Crippen LogP) is 2.91. The maximum atomic E-state index is 10.6. The van der Waals surface area contributed by atoms with Crippen molar-refractivity contribution in [2.24, 2.45) is 10.7 Å². The molecule has 1 heterocycles. The smallest absolute Gasteiger partial charge is 0.213 e. The van der Waals surface area contributed by atoms with Crippen molar-refractivity contribution in [2.75, 3.05) is 7.11 Å². The Balaban J connectivity index is 2.31. The Morgan fingerprint density at radius 1 is 1.24 bits per heavy atom. The van der Waals surface area contributed by atoms with Crippen LogP contribution in [0.25, 0.3) is 22.2 Å². The standard InChI is InChI=1S/C19H18N4O2/c1-12-6-3-4-7-13(12)15-10-16(23-19(20)21-11-24)14-8-5-9-17(25-2)18(14)22-15/h3-11H,1-2H3,(H3,20,21,22,23,24). The van der Waals surface area contributed by atoms with Gasteiger partial charge in [0.15, 0.2) is 5.96 Å². The zero-order chi connectivity index (χ0) is 17.8. The summed E-state index contributed by atoms with van der Waals surface area (Å²) in [6.45, 7) is 2.02. The number of nitrogens with one attached hydrogen (secondary N) is 1. The molecule has 0 aliphatic carbocycles. The molecule has 0 spiro atoms. The van der Waals surface area contributed by atoms with Crippen LogP contribution in [0.4, 0.5) is 5.69 Å². The molecule has 0 bridgehead atoms. The minimum absolute atomic E-state index is 0.0149. The highest BCUT2D eigenvalue weighted by Crippen LogP contribution is 2.35. The fourth-order valence-corrected chi connectivity index (χ4v) is 2.68. The number of carbonyl (C=O) groups is 1. The molecule has 0 unspecified atom stereocenters. The molecule has 3 N–H and O–H groups in total. The molecule has 2 aromatic carbocycles. The minimum Gasteiger partial charge on any atom is -0.494 e. The van der Waals surface area contributed by atoms with Crippen LogP contribution < -0.4 is 15.8 Å². The summed E-state index contributed by atoms with van der Waals surface area (Å²) in [6, 6.07) is 15.4. The number of methoxy groups -OCH3 is 1. The van der Waals surface area contributed by atoms with Crippen molar-refractivity contribution in [2.45, 2.75) is 6.92 Å². The van der Waals surface area contributed by atoms with Crippen molar-refractivity contribution >= 4 is 29.0 Å². The van der Waals surface area contributed by atoms with Gasteiger partial charge in [-0.2, -0.15) is 0 Å². The topological polar surface area (TPSA) is 89.6 Å². The van der Waals surface area contributed by atoms with Crippen molar-refractivity contribution < 1.29 is 9.53 Å². The van der Waals surface area contributed by atoms with Crippen LogP contribution in [0.3, 0.4) is 0 Å². The van der Waals surface area contributed by atoms with E-state index < -0.39 is 0 Å². The molecule has 1 amide bonds. The Morgan fingerprint density at radius 2 is 2.04 bits per heavy atom. The van der Waals surface area contributed by atoms with Crippen molar-refractivity contribution in [3.63, 3.8) is 0 Å². The van der Waals surface area contributed by atoms with Gasteiger partial charge >= 0.3 is 0 Å². The summed E-state index contributed by atoms with van der Waals surface area (Å²) in [5, 5.41) is 3.14. The van der Waals surface area contributed by atoms with Crippen LogP contribution in [0.2, 0.25) is 0 Å². The molecule has 0 saturated heterocycles. The summed E-state index contributed by atoms with van der Waals surface area (Å²) < 4.78 is 5.44. The van der Waals surface area contributed by atoms with Gasteiger partial charge in [0.2, 0.25) is 6.41 Å². The Bertz CT molecular complexity index is 967. The number of carbonyl (C=O) groups excluding carboxylic acids is 1. The van der Waals surface area contributed by atoms with Crippen LogP contribution in [0.1, 0.15) is 5.56 Å². The molecular formula is C19H18N4O2. The number of benzene rings is 2. The molecular weight excluding hydrogens is 316 g/mol. The number of hydrogen-bond acceptors (Lipinski definition) is 4. The van der Waals surface area contributed by atoms with Gasteiger partial charge in [-0.05, 0) is 24.6 Å². The first kappa shape index (κ1) is 16.4. The van der Waals surface area contributed by atoms with Gasteiger partial charge in [0.25, 0.3) is 0 Å². The monoisotopic (exact) mass is 334 g/mol. The Labute approximate surface area is 145 Å². The molecule has 25 heavy (non-hydrogen) atoms. The number of rotatable bonds is 4. The first-order valence-corrected chi connectivity index (χ1v) is 7.72. The van der Waals surface area contributed by atoms with Gasteiger partial charge in [0.05, 0.1) is 18.5 Å². The molecule has 0 fully saturated rings. The van der Waals surface area contributed by atoms with E-state index in [-0.39, 0.29) is 5.96 Å². The molecule has 3 rings (SSSR count). The third-order valence-electron chi connectivity index (χ3n) is 3.87. The molecule has 0 aliphatic rings. The van der Waals surface area contributed by atoms with E-state index in [0.717, 1.165) is 22.2 Å². The lowest BCUT2D eigenvalue weighted by Gasteiger charge is -2.11. The van der Waals surface area contributed by atoms with Crippen molar-refractivity contribution in [3.05, 3.63) is 54.1 Å². The van der Waals surface area contributed by atoms with Crippen LogP contribution in [0, 0.1) is 6.92 Å². The molecule has 0 radical (unpaired) electrons. The molecule has 0 aliphatic heterocycles. The number of nitrogens with two attached hydrogens (primary N) is 1. The van der Waals surface area contributed by atoms with Crippen LogP contribution in [-0.4, -0.2) is 24.5 Å². The first-order chi connectivity index (χ1) is 12.1. The van der Waals surface area contributed by atoms with E-state index in [0.29, 0.717) is 23.4 Å². The van der Waals surface area contributed by atoms with Gasteiger partial charge in [0.1, 0.15) is 11.3 Å². The Morgan fingerprint density at radius 3 is 2.76 bits per heavy atom. The number of fused-ring (bicyclic) bond motifs is 1. The maximum Gasteiger partial charge on any atom is 0.213 e. The van der Waals surface area contributed by atoms with Gasteiger partial charge in [-0.1, -0.05) is 36.4 Å². The number of pyridine rings is 1. The number of guanidine groups is 1. The largest absolute Gasteiger partial charge is 0.494 e. The molecule has 1 aromatic heterocycles. The SMILES string of the molecule is COc1cccc2c(N=C(N)NC=O)cc(-c3ccccc3C)nc12. The summed E-state index contributed by atoms with van der Waals surface area (Å²) in [6.07, 6.45) is 0.491. The quantitative estimate of drug-likeness (QED) is 0.436. The van der Waals surface area contributed by atoms with E-state index in [1.165, 1.54) is 0 Å². The third-order valence-corrected chi connectivity index (χ3v) is 3.87. The average Bonchev–Trinajstić information content (AvgIpc) is 2.61. The normalized spacial score (nSPS) is 11.4. The summed E-state index contributed by atoms with van der Waals surface area (Å²) in [4.78, 5) is 19.7. The average molecular weight is 334 g/mol. The fourth-order valence-electron chi connectivity index (χ4n) is 2.68. The van der Waals surface area contributed by atoms with Gasteiger partial charge in [-0.25, -0.2) is 9.98 Å². The summed E-state index contributed by atoms with van der Waals surface area (Å²) in [5.41, 5.74) is 9.89. The van der Waals surface area contributed by atoms with Crippen molar-refractivity contribution in [3.8, 4) is 17.0 Å². The number of amides is 1. The van der Waals surface area contributed by atoms with E-state index in [1.807, 2.05) is 55.5 Å². The lowest BCUT2D eigenvalue weighted by molar-refractivity contribution is -0.108. The molecule has 6 heteroatoms. The van der Waals surface area contributed by atoms with Crippen LogP contribution in [0.15, 0.2) is 53.5 Å². The third kappa shape index (κ3) is 3.28. The van der Waals surface area contributed by atoms with Crippen LogP contribution in [0.5, 0.6) is 5.75 Å². The fraction of sp³-hybridized carbons (Fsp3) is 0.105. The van der Waals surface area contributed by atoms with E-state index in [1.54, 1.807) is 7.11 Å². The highest BCUT2D eigenvalue weighted by atomic mass is 16.5. The molecule has 126 valence electrons. The second kappa shape index (κ2) is 7.00. The second-order valence-electron chi connectivity index (χ2n) is 5.46. The molecule has 0 saturated carbocycles. The number of aromatic nitrogens is 1. The number of ether oxygens (including phenoxy) is 1. The highest BCUT2D eigenvalue weighted by molar-refractivity contribution is 5.99. The van der Waals surface area contributed by atoms with E-state index in [4.69, 9.17) is 15.5 Å². The number of para-hydroxylation sites is 1. The van der Waals surface area contributed by atoms with E-state index in [2.05, 4.69) is 10.3 Å². The van der Waals surface area contributed by atoms with Crippen LogP contribution in [-0.2, 0) is 4.79 Å². The number of nitrogens with zero attached hydrogens (tertiary/aromatic N) is 2. The Hall–Kier alpha value is -3.41. The van der Waals surface area contributed by atoms with Crippen LogP contribution >= 0.6 is 0 Å². The zero-order valence-corrected chi connectivity index (χ0v) is 14.0. The van der Waals surface area contributed by atoms with Gasteiger partial charge < -0.3 is 10.5 Å². The van der Waals surface area contributed by atoms with Gasteiger partial charge in [-0.15, -0.1) is 0 Å². The number of aryl methyl sites for hydroxylation is 1. The zero-order valence-electron chi connectivity index (χ0n) is 14.0. The highest BCUT2D eigenvalue weighted by Gasteiger charge is 2.12. The lowest BCUT2D eigenvalue weighted by Crippen LogP contribution is -2.29. The van der Waals surface area contributed by atoms with Crippen molar-refractivity contribution in [1.82, 2.24) is 10.3 Å². The molecule has 0 atom stereocenters. The van der Waals surface area contributed by atoms with Gasteiger partial charge in [0, 0.05) is 10.9 Å². The van der Waals surface area contributed by atoms with E-state index in [9.17, 15) is 4.79 Å². The first-order valence-electron chi connectivity index (χ1n) is 7.72. The summed E-state index contributed by atoms with van der Waals surface area (Å²) in [7, 11) is 1.60. The van der Waals surface area contributed by atoms with Crippen molar-refractivity contribution in [1.29, 1.82) is 0 Å². The summed E-state index contributed by atoms with van der Waals surface area (Å²) in [5.74, 6) is 0.660. The minimum atomic E-state index is 0.0149. The molecule has 6 nitrogen and oxygen atoms in total. The predicted molar refractivity (Wildman–Crippen MR) is 99.0 cm³/mol. The lowest BCUT2D eigenvalue weighted by atomic mass is 10.0. The maximum absolute atomic E-state index is 10.6. The Kier molecular flexibility index (Phi) is 4.61. The van der Waals surface area contributed by atoms with Gasteiger partial charge in [-0.3, -0.25) is 10.1 Å². The summed E-state index contributed by atoms with van der Waals surface area (Å²) >= 11 is 0. The second-order valence-corrected chi connectivity index (χ2v) is 5.46. The number of aliphatic imine (C=N–C) groups is 1.